The van der Waals surface area contributed by atoms with Crippen LogP contribution in [0.15, 0.2) is 36.8 Å². The lowest BCUT2D eigenvalue weighted by atomic mass is 10.0. The maximum atomic E-state index is 12.6. The first kappa shape index (κ1) is 17.4. The van der Waals surface area contributed by atoms with Gasteiger partial charge in [-0.1, -0.05) is 12.1 Å². The van der Waals surface area contributed by atoms with Gasteiger partial charge in [0.25, 0.3) is 0 Å². The Balaban J connectivity index is 2.42. The number of alkyl halides is 3. The molecule has 0 amide bonds. The Labute approximate surface area is 133 Å². The number of rotatable bonds is 5. The average Bonchev–Trinajstić information content (AvgIpc) is 2.97. The van der Waals surface area contributed by atoms with Crippen molar-refractivity contribution >= 4 is 11.8 Å². The van der Waals surface area contributed by atoms with Gasteiger partial charge < -0.3 is 14.9 Å². The lowest BCUT2D eigenvalue weighted by Crippen LogP contribution is -2.22. The van der Waals surface area contributed by atoms with Gasteiger partial charge in [0, 0.05) is 0 Å². The highest BCUT2D eigenvalue weighted by Crippen LogP contribution is 2.31. The van der Waals surface area contributed by atoms with Crippen molar-refractivity contribution in [3.8, 4) is 0 Å². The zero-order valence-electron chi connectivity index (χ0n) is 12.4. The van der Waals surface area contributed by atoms with Crippen LogP contribution in [0.25, 0.3) is 0 Å². The lowest BCUT2D eigenvalue weighted by molar-refractivity contribution is -0.389. The van der Waals surface area contributed by atoms with Gasteiger partial charge in [0.1, 0.15) is 6.20 Å². The number of benzene rings is 1. The third kappa shape index (κ3) is 3.70. The summed E-state index contributed by atoms with van der Waals surface area (Å²) in [5.74, 6) is -1.25. The topological polar surface area (TPSA) is 87.3 Å². The van der Waals surface area contributed by atoms with E-state index in [1.54, 1.807) is 6.92 Å². The summed E-state index contributed by atoms with van der Waals surface area (Å²) in [5, 5.41) is 10.7. The molecule has 1 aromatic heterocycles. The normalized spacial score (nSPS) is 12.7. The minimum Gasteiger partial charge on any atom is -0.464 e. The number of hydrogen-bond donors (Lipinski definition) is 0. The van der Waals surface area contributed by atoms with E-state index >= 15 is 0 Å². The van der Waals surface area contributed by atoms with E-state index in [4.69, 9.17) is 4.74 Å². The Morgan fingerprint density at radius 1 is 1.38 bits per heavy atom. The van der Waals surface area contributed by atoms with Gasteiger partial charge in [0.2, 0.25) is 6.33 Å². The van der Waals surface area contributed by atoms with E-state index in [0.29, 0.717) is 0 Å². The van der Waals surface area contributed by atoms with E-state index in [-0.39, 0.29) is 12.2 Å². The number of nitrogens with zero attached hydrogens (tertiary/aromatic N) is 3. The molecule has 0 aliphatic carbocycles. The number of esters is 1. The third-order valence-corrected chi connectivity index (χ3v) is 3.14. The van der Waals surface area contributed by atoms with Crippen LogP contribution in [0.3, 0.4) is 0 Å². The summed E-state index contributed by atoms with van der Waals surface area (Å²) in [6, 6.07) is 2.72. The van der Waals surface area contributed by atoms with Crippen molar-refractivity contribution in [3.05, 3.63) is 58.0 Å². The van der Waals surface area contributed by atoms with Gasteiger partial charge in [-0.3, -0.25) is 4.57 Å². The summed E-state index contributed by atoms with van der Waals surface area (Å²) >= 11 is 0. The Morgan fingerprint density at radius 2 is 2.00 bits per heavy atom. The fourth-order valence-corrected chi connectivity index (χ4v) is 2.07. The molecule has 0 spiro atoms. The fraction of sp³-hybridized carbons (Fsp3) is 0.286. The maximum Gasteiger partial charge on any atom is 0.416 e. The van der Waals surface area contributed by atoms with Crippen LogP contribution in [0.1, 0.15) is 24.1 Å². The fourth-order valence-electron chi connectivity index (χ4n) is 2.07. The van der Waals surface area contributed by atoms with Crippen LogP contribution in [0.4, 0.5) is 19.0 Å². The van der Waals surface area contributed by atoms with E-state index in [0.717, 1.165) is 41.4 Å². The third-order valence-electron chi connectivity index (χ3n) is 3.14. The molecule has 7 nitrogen and oxygen atoms in total. The Kier molecular flexibility index (Phi) is 4.86. The molecule has 0 saturated heterocycles. The Bertz CT molecular complexity index is 740. The number of ether oxygens (including phenoxy) is 1. The summed E-state index contributed by atoms with van der Waals surface area (Å²) < 4.78 is 43.9. The predicted molar refractivity (Wildman–Crippen MR) is 75.1 cm³/mol. The molecule has 0 N–H and O–H groups in total. The van der Waals surface area contributed by atoms with Gasteiger partial charge in [-0.25, -0.2) is 4.79 Å². The highest BCUT2D eigenvalue weighted by molar-refractivity contribution is 5.78. The average molecular weight is 343 g/mol. The molecule has 1 atom stereocenters. The highest BCUT2D eigenvalue weighted by Gasteiger charge is 2.32. The molecular weight excluding hydrogens is 331 g/mol. The van der Waals surface area contributed by atoms with Gasteiger partial charge in [0.05, 0.1) is 12.2 Å². The predicted octanol–water partition coefficient (Wildman–Crippen LogP) is 2.96. The Morgan fingerprint density at radius 3 is 2.46 bits per heavy atom. The van der Waals surface area contributed by atoms with Crippen LogP contribution in [0.5, 0.6) is 0 Å². The van der Waals surface area contributed by atoms with Crippen LogP contribution in [-0.2, 0) is 15.7 Å². The van der Waals surface area contributed by atoms with Crippen molar-refractivity contribution in [2.24, 2.45) is 0 Å². The number of halogens is 3. The first-order valence-electron chi connectivity index (χ1n) is 6.75. The molecule has 24 heavy (non-hydrogen) atoms. The first-order valence-corrected chi connectivity index (χ1v) is 6.75. The number of nitro groups is 1. The molecule has 0 fully saturated rings. The minimum atomic E-state index is -4.51. The van der Waals surface area contributed by atoms with E-state index in [1.165, 1.54) is 0 Å². The van der Waals surface area contributed by atoms with Gasteiger partial charge in [-0.2, -0.15) is 13.2 Å². The molecule has 128 valence electrons. The van der Waals surface area contributed by atoms with E-state index in [2.05, 4.69) is 4.98 Å². The molecule has 2 aromatic rings. The van der Waals surface area contributed by atoms with E-state index < -0.39 is 34.5 Å². The standard InChI is InChI=1S/C14H12F3N3O4/c1-2-24-13(21)12(19-7-11(18-8-19)20(22)23)9-3-5-10(6-4-9)14(15,16)17/h3-8,12H,2H2,1H3. The molecule has 10 heteroatoms. The quantitative estimate of drug-likeness (QED) is 0.473. The number of carbonyl (C=O) groups excluding carboxylic acids is 1. The first-order chi connectivity index (χ1) is 11.2. The van der Waals surface area contributed by atoms with Gasteiger partial charge in [0.15, 0.2) is 6.04 Å². The summed E-state index contributed by atoms with van der Waals surface area (Å²) in [6.45, 7) is 1.62. The molecule has 0 aliphatic rings. The van der Waals surface area contributed by atoms with Crippen molar-refractivity contribution in [3.63, 3.8) is 0 Å². The maximum absolute atomic E-state index is 12.6. The van der Waals surface area contributed by atoms with Crippen LogP contribution in [-0.4, -0.2) is 27.1 Å². The number of imidazole rings is 1. The van der Waals surface area contributed by atoms with E-state index in [9.17, 15) is 28.1 Å². The monoisotopic (exact) mass is 343 g/mol. The van der Waals surface area contributed by atoms with Gasteiger partial charge in [-0.15, -0.1) is 0 Å². The lowest BCUT2D eigenvalue weighted by Gasteiger charge is -2.17. The molecule has 0 bridgehead atoms. The second-order valence-corrected chi connectivity index (χ2v) is 4.71. The van der Waals surface area contributed by atoms with Crippen molar-refractivity contribution < 1.29 is 27.6 Å². The second kappa shape index (κ2) is 6.69. The molecule has 1 unspecified atom stereocenters. The summed E-state index contributed by atoms with van der Waals surface area (Å²) in [6.07, 6.45) is -2.44. The van der Waals surface area contributed by atoms with Crippen LogP contribution in [0.2, 0.25) is 0 Å². The molecule has 1 heterocycles. The van der Waals surface area contributed by atoms with E-state index in [1.807, 2.05) is 0 Å². The molecule has 0 aliphatic heterocycles. The number of carbonyl (C=O) groups is 1. The summed E-state index contributed by atoms with van der Waals surface area (Å²) in [5.41, 5.74) is -0.681. The zero-order chi connectivity index (χ0) is 17.9. The molecule has 0 saturated carbocycles. The molecular formula is C14H12F3N3O4. The van der Waals surface area contributed by atoms with Crippen LogP contribution in [0, 0.1) is 10.1 Å². The van der Waals surface area contributed by atoms with Crippen molar-refractivity contribution in [1.82, 2.24) is 9.55 Å². The van der Waals surface area contributed by atoms with Gasteiger partial charge in [-0.05, 0) is 34.5 Å². The largest absolute Gasteiger partial charge is 0.464 e. The van der Waals surface area contributed by atoms with Crippen molar-refractivity contribution in [2.75, 3.05) is 6.61 Å². The van der Waals surface area contributed by atoms with Gasteiger partial charge >= 0.3 is 18.0 Å². The second-order valence-electron chi connectivity index (χ2n) is 4.71. The zero-order valence-corrected chi connectivity index (χ0v) is 12.4. The SMILES string of the molecule is CCOC(=O)C(c1ccc(C(F)(F)F)cc1)n1cnc([N+](=O)[O-])c1. The molecule has 0 radical (unpaired) electrons. The van der Waals surface area contributed by atoms with Crippen molar-refractivity contribution in [1.29, 1.82) is 0 Å². The molecule has 2 rings (SSSR count). The highest BCUT2D eigenvalue weighted by atomic mass is 19.4. The molecule has 1 aromatic carbocycles. The smallest absolute Gasteiger partial charge is 0.416 e. The van der Waals surface area contributed by atoms with Crippen molar-refractivity contribution in [2.45, 2.75) is 19.1 Å². The Hall–Kier alpha value is -2.91. The van der Waals surface area contributed by atoms with Crippen LogP contribution < -0.4 is 0 Å². The summed E-state index contributed by atoms with van der Waals surface area (Å²) in [4.78, 5) is 25.6. The summed E-state index contributed by atoms with van der Waals surface area (Å²) in [7, 11) is 0. The number of hydrogen-bond acceptors (Lipinski definition) is 5. The van der Waals surface area contributed by atoms with Crippen LogP contribution >= 0.6 is 0 Å². The minimum absolute atomic E-state index is 0.0484. The number of aromatic nitrogens is 2.